The van der Waals surface area contributed by atoms with Crippen LogP contribution in [0.1, 0.15) is 6.42 Å². The normalized spacial score (nSPS) is 26.8. The molecule has 0 aromatic carbocycles. The summed E-state index contributed by atoms with van der Waals surface area (Å²) in [6.45, 7) is -0.00999. The number of carboxylic acids is 1. The molecule has 3 atom stereocenters. The highest BCUT2D eigenvalue weighted by Crippen LogP contribution is 2.19. The number of nitrogens with zero attached hydrogens (tertiary/aromatic N) is 1. The number of aliphatic hydroxyl groups is 1. The minimum atomic E-state index is -1.13. The number of rotatable bonds is 4. The van der Waals surface area contributed by atoms with Crippen LogP contribution in [0.15, 0.2) is 0 Å². The van der Waals surface area contributed by atoms with Gasteiger partial charge in [0, 0.05) is 26.6 Å². The van der Waals surface area contributed by atoms with E-state index in [4.69, 9.17) is 15.6 Å². The van der Waals surface area contributed by atoms with E-state index in [9.17, 15) is 14.7 Å². The summed E-state index contributed by atoms with van der Waals surface area (Å²) in [5.41, 5.74) is 5.33. The number of ether oxygens (including phenoxy) is 1. The molecule has 0 aliphatic carbocycles. The van der Waals surface area contributed by atoms with Crippen LogP contribution in [0, 0.1) is 0 Å². The molecular weight excluding hydrogens is 216 g/mol. The van der Waals surface area contributed by atoms with Gasteiger partial charge in [0.15, 0.2) is 0 Å². The Balaban J connectivity index is 2.77. The zero-order valence-corrected chi connectivity index (χ0v) is 9.00. The molecule has 1 aliphatic rings. The zero-order chi connectivity index (χ0) is 12.3. The predicted molar refractivity (Wildman–Crippen MR) is 53.6 cm³/mol. The Morgan fingerprint density at radius 3 is 2.69 bits per heavy atom. The number of hydrogen-bond donors (Lipinski definition) is 3. The van der Waals surface area contributed by atoms with Crippen molar-refractivity contribution in [1.82, 2.24) is 4.90 Å². The Kier molecular flexibility index (Phi) is 4.22. The molecule has 1 rings (SSSR count). The van der Waals surface area contributed by atoms with Crippen LogP contribution in [-0.4, -0.2) is 65.4 Å². The van der Waals surface area contributed by atoms with Crippen molar-refractivity contribution in [2.45, 2.75) is 24.7 Å². The van der Waals surface area contributed by atoms with Crippen LogP contribution in [0.3, 0.4) is 0 Å². The third-order valence-electron chi connectivity index (χ3n) is 2.62. The highest BCUT2D eigenvalue weighted by atomic mass is 16.5. The molecule has 1 fully saturated rings. The minimum absolute atomic E-state index is 0.00958. The van der Waals surface area contributed by atoms with Crippen LogP contribution in [0.25, 0.3) is 0 Å². The smallest absolute Gasteiger partial charge is 0.326 e. The number of methoxy groups -OCH3 is 1. The highest BCUT2D eigenvalue weighted by molar-refractivity contribution is 5.87. The van der Waals surface area contributed by atoms with Crippen molar-refractivity contribution in [3.8, 4) is 0 Å². The van der Waals surface area contributed by atoms with Gasteiger partial charge in [-0.3, -0.25) is 4.79 Å². The molecule has 7 heteroatoms. The van der Waals surface area contributed by atoms with Crippen LogP contribution in [0.2, 0.25) is 0 Å². The maximum Gasteiger partial charge on any atom is 0.326 e. The molecule has 92 valence electrons. The molecule has 1 amide bonds. The molecule has 0 bridgehead atoms. The Bertz CT molecular complexity index is 279. The summed E-state index contributed by atoms with van der Waals surface area (Å²) in [5.74, 6) is -1.62. The van der Waals surface area contributed by atoms with E-state index in [1.807, 2.05) is 0 Å². The van der Waals surface area contributed by atoms with Crippen LogP contribution in [0.4, 0.5) is 0 Å². The van der Waals surface area contributed by atoms with Crippen molar-refractivity contribution >= 4 is 11.9 Å². The van der Waals surface area contributed by atoms with Crippen LogP contribution in [0.5, 0.6) is 0 Å². The van der Waals surface area contributed by atoms with Gasteiger partial charge in [0.2, 0.25) is 0 Å². The quantitative estimate of drug-likeness (QED) is 0.517. The van der Waals surface area contributed by atoms with E-state index in [1.165, 1.54) is 7.11 Å². The molecule has 7 nitrogen and oxygen atoms in total. The summed E-state index contributed by atoms with van der Waals surface area (Å²) in [6.07, 6.45) is -1.62. The van der Waals surface area contributed by atoms with Crippen molar-refractivity contribution in [1.29, 1.82) is 0 Å². The van der Waals surface area contributed by atoms with Crippen molar-refractivity contribution in [2.75, 3.05) is 20.2 Å². The van der Waals surface area contributed by atoms with Gasteiger partial charge >= 0.3 is 5.97 Å². The first-order valence-electron chi connectivity index (χ1n) is 4.95. The topological polar surface area (TPSA) is 113 Å². The Labute approximate surface area is 92.8 Å². The number of hydrogen-bond acceptors (Lipinski definition) is 5. The highest BCUT2D eigenvalue weighted by Gasteiger charge is 2.40. The second-order valence-corrected chi connectivity index (χ2v) is 3.69. The number of nitrogens with two attached hydrogens (primary N) is 1. The number of carbonyl (C=O) groups is 2. The van der Waals surface area contributed by atoms with Gasteiger partial charge in [-0.1, -0.05) is 0 Å². The van der Waals surface area contributed by atoms with E-state index in [1.54, 1.807) is 0 Å². The fourth-order valence-electron chi connectivity index (χ4n) is 1.77. The summed E-state index contributed by atoms with van der Waals surface area (Å²) in [6, 6.07) is -0.994. The predicted octanol–water partition coefficient (Wildman–Crippen LogP) is -1.99. The Morgan fingerprint density at radius 2 is 2.25 bits per heavy atom. The second kappa shape index (κ2) is 5.24. The summed E-state index contributed by atoms with van der Waals surface area (Å²) in [7, 11) is 1.33. The maximum absolute atomic E-state index is 11.8. The molecule has 1 unspecified atom stereocenters. The molecule has 0 spiro atoms. The van der Waals surface area contributed by atoms with Crippen LogP contribution >= 0.6 is 0 Å². The van der Waals surface area contributed by atoms with Gasteiger partial charge in [-0.2, -0.15) is 0 Å². The molecule has 0 aromatic rings. The Hall–Kier alpha value is -1.18. The first kappa shape index (κ1) is 12.9. The molecule has 0 radical (unpaired) electrons. The molecule has 1 saturated heterocycles. The van der Waals surface area contributed by atoms with Crippen molar-refractivity contribution in [3.63, 3.8) is 0 Å². The number of aliphatic carboxylic acids is 1. The lowest BCUT2D eigenvalue weighted by molar-refractivity contribution is -0.152. The summed E-state index contributed by atoms with van der Waals surface area (Å²) in [5, 5.41) is 18.3. The maximum atomic E-state index is 11.8. The van der Waals surface area contributed by atoms with Gasteiger partial charge in [-0.15, -0.1) is 0 Å². The van der Waals surface area contributed by atoms with Crippen LogP contribution < -0.4 is 5.73 Å². The van der Waals surface area contributed by atoms with Gasteiger partial charge in [0.1, 0.15) is 12.1 Å². The average Bonchev–Trinajstić information content (AvgIpc) is 2.62. The van der Waals surface area contributed by atoms with Gasteiger partial charge in [0.25, 0.3) is 5.91 Å². The van der Waals surface area contributed by atoms with E-state index in [2.05, 4.69) is 0 Å². The molecule has 4 N–H and O–H groups in total. The second-order valence-electron chi connectivity index (χ2n) is 3.69. The van der Waals surface area contributed by atoms with Gasteiger partial charge in [-0.25, -0.2) is 4.79 Å². The molecule has 0 aromatic heterocycles. The molecule has 0 saturated carbocycles. The third kappa shape index (κ3) is 2.49. The van der Waals surface area contributed by atoms with E-state index < -0.39 is 30.1 Å². The number of amides is 1. The van der Waals surface area contributed by atoms with Gasteiger partial charge in [0.05, 0.1) is 6.10 Å². The lowest BCUT2D eigenvalue weighted by Crippen LogP contribution is -2.48. The van der Waals surface area contributed by atoms with Crippen LogP contribution in [-0.2, 0) is 14.3 Å². The standard InChI is InChI=1S/C9H16N2O5/c1-16-7(3-10)8(13)11-4-5(12)2-6(11)9(14)15/h5-7,12H,2-4,10H2,1H3,(H,14,15)/t5-,6+,7?/m1/s1. The monoisotopic (exact) mass is 232 g/mol. The van der Waals surface area contributed by atoms with Crippen molar-refractivity contribution in [3.05, 3.63) is 0 Å². The van der Waals surface area contributed by atoms with Crippen molar-refractivity contribution in [2.24, 2.45) is 5.73 Å². The number of aliphatic hydroxyl groups excluding tert-OH is 1. The van der Waals surface area contributed by atoms with E-state index in [0.29, 0.717) is 0 Å². The fourth-order valence-corrected chi connectivity index (χ4v) is 1.77. The molecule has 1 aliphatic heterocycles. The molecular formula is C9H16N2O5. The first-order valence-corrected chi connectivity index (χ1v) is 4.95. The molecule has 1 heterocycles. The number of carboxylic acid groups (broad SMARTS) is 1. The minimum Gasteiger partial charge on any atom is -0.480 e. The summed E-state index contributed by atoms with van der Waals surface area (Å²) in [4.78, 5) is 23.8. The van der Waals surface area contributed by atoms with E-state index in [-0.39, 0.29) is 19.5 Å². The largest absolute Gasteiger partial charge is 0.480 e. The third-order valence-corrected chi connectivity index (χ3v) is 2.62. The van der Waals surface area contributed by atoms with Crippen molar-refractivity contribution < 1.29 is 24.5 Å². The lowest BCUT2D eigenvalue weighted by atomic mass is 10.2. The number of carbonyl (C=O) groups excluding carboxylic acids is 1. The SMILES string of the molecule is COC(CN)C(=O)N1C[C@H](O)C[C@H]1C(=O)O. The first-order chi connectivity index (χ1) is 7.51. The number of likely N-dealkylation sites (tertiary alicyclic amines) is 1. The fraction of sp³-hybridized carbons (Fsp3) is 0.778. The van der Waals surface area contributed by atoms with Gasteiger partial charge < -0.3 is 25.6 Å². The number of β-amino-alcohol motifs (C(OH)–C–C–N with tert-alkyl or cyclic N) is 1. The van der Waals surface area contributed by atoms with E-state index >= 15 is 0 Å². The van der Waals surface area contributed by atoms with Gasteiger partial charge in [-0.05, 0) is 0 Å². The van der Waals surface area contributed by atoms with E-state index in [0.717, 1.165) is 4.90 Å². The lowest BCUT2D eigenvalue weighted by Gasteiger charge is -2.24. The zero-order valence-electron chi connectivity index (χ0n) is 9.00. The summed E-state index contributed by atoms with van der Waals surface area (Å²) >= 11 is 0. The Morgan fingerprint density at radius 1 is 1.62 bits per heavy atom. The summed E-state index contributed by atoms with van der Waals surface area (Å²) < 4.78 is 4.85. The molecule has 16 heavy (non-hydrogen) atoms. The average molecular weight is 232 g/mol.